The Morgan fingerprint density at radius 2 is 2.26 bits per heavy atom. The fraction of sp³-hybridized carbons (Fsp3) is 0.500. The molecule has 5 heteroatoms. The van der Waals surface area contributed by atoms with Crippen molar-refractivity contribution in [1.82, 2.24) is 4.90 Å². The fourth-order valence-electron chi connectivity index (χ4n) is 1.80. The van der Waals surface area contributed by atoms with Crippen molar-refractivity contribution in [2.45, 2.75) is 31.9 Å². The van der Waals surface area contributed by atoms with Gasteiger partial charge in [-0.15, -0.1) is 0 Å². The van der Waals surface area contributed by atoms with Crippen molar-refractivity contribution >= 4 is 17.5 Å². The number of aliphatic hydroxyl groups is 1. The molecule has 1 amide bonds. The van der Waals surface area contributed by atoms with E-state index in [-0.39, 0.29) is 12.5 Å². The number of likely N-dealkylation sites (N-methyl/N-ethyl adjacent to an activating group) is 1. The van der Waals surface area contributed by atoms with Gasteiger partial charge in [0.15, 0.2) is 6.61 Å². The summed E-state index contributed by atoms with van der Waals surface area (Å²) < 4.78 is 5.43. The molecule has 19 heavy (non-hydrogen) atoms. The Hall–Kier alpha value is -1.26. The Kier molecular flexibility index (Phi) is 4.32. The molecule has 1 N–H and O–H groups in total. The Labute approximate surface area is 117 Å². The van der Waals surface area contributed by atoms with Gasteiger partial charge >= 0.3 is 0 Å². The lowest BCUT2D eigenvalue weighted by Gasteiger charge is -2.17. The third kappa shape index (κ3) is 3.61. The molecule has 1 atom stereocenters. The van der Waals surface area contributed by atoms with Gasteiger partial charge in [-0.25, -0.2) is 0 Å². The Bertz CT molecular complexity index is 472. The van der Waals surface area contributed by atoms with Crippen LogP contribution >= 0.6 is 11.6 Å². The average Bonchev–Trinajstić information content (AvgIpc) is 3.20. The van der Waals surface area contributed by atoms with Crippen molar-refractivity contribution in [2.24, 2.45) is 0 Å². The minimum Gasteiger partial charge on any atom is -0.482 e. The molecule has 1 aromatic carbocycles. The molecule has 0 bridgehead atoms. The monoisotopic (exact) mass is 283 g/mol. The molecule has 0 saturated heterocycles. The molecule has 4 nitrogen and oxygen atoms in total. The van der Waals surface area contributed by atoms with Crippen LogP contribution in [-0.2, 0) is 4.79 Å². The smallest absolute Gasteiger partial charge is 0.260 e. The van der Waals surface area contributed by atoms with E-state index >= 15 is 0 Å². The van der Waals surface area contributed by atoms with Crippen LogP contribution in [0.25, 0.3) is 0 Å². The van der Waals surface area contributed by atoms with Crippen molar-refractivity contribution in [3.05, 3.63) is 28.8 Å². The van der Waals surface area contributed by atoms with Gasteiger partial charge in [0.2, 0.25) is 0 Å². The maximum absolute atomic E-state index is 11.8. The summed E-state index contributed by atoms with van der Waals surface area (Å²) in [6, 6.07) is 5.44. The predicted molar refractivity (Wildman–Crippen MR) is 73.4 cm³/mol. The number of hydrogen-bond donors (Lipinski definition) is 1. The quantitative estimate of drug-likeness (QED) is 0.903. The number of hydrogen-bond acceptors (Lipinski definition) is 3. The number of nitrogens with zero attached hydrogens (tertiary/aromatic N) is 1. The fourth-order valence-corrected chi connectivity index (χ4v) is 2.04. The minimum atomic E-state index is -0.575. The average molecular weight is 284 g/mol. The highest BCUT2D eigenvalue weighted by Crippen LogP contribution is 2.28. The summed E-state index contributed by atoms with van der Waals surface area (Å²) in [5.41, 5.74) is 0.721. The lowest BCUT2D eigenvalue weighted by molar-refractivity contribution is -0.132. The molecule has 1 aromatic rings. The number of carbonyl (C=O) groups is 1. The molecule has 1 saturated carbocycles. The molecular formula is C14H18ClNO3. The van der Waals surface area contributed by atoms with E-state index in [0.29, 0.717) is 16.8 Å². The lowest BCUT2D eigenvalue weighted by Crippen LogP contribution is -2.33. The summed E-state index contributed by atoms with van der Waals surface area (Å²) in [7, 11) is 1.79. The van der Waals surface area contributed by atoms with E-state index in [1.54, 1.807) is 37.1 Å². The molecule has 0 unspecified atom stereocenters. The van der Waals surface area contributed by atoms with Gasteiger partial charge in [0.1, 0.15) is 5.75 Å². The van der Waals surface area contributed by atoms with Crippen LogP contribution < -0.4 is 4.74 Å². The molecule has 1 aliphatic carbocycles. The Balaban J connectivity index is 1.93. The first kappa shape index (κ1) is 14.2. The van der Waals surface area contributed by atoms with Gasteiger partial charge < -0.3 is 14.7 Å². The first-order valence-corrected chi connectivity index (χ1v) is 6.73. The second-order valence-electron chi connectivity index (χ2n) is 4.89. The summed E-state index contributed by atoms with van der Waals surface area (Å²) >= 11 is 6.05. The summed E-state index contributed by atoms with van der Waals surface area (Å²) in [5.74, 6) is 0.418. The molecular weight excluding hydrogens is 266 g/mol. The maximum Gasteiger partial charge on any atom is 0.260 e. The second kappa shape index (κ2) is 5.80. The number of rotatable bonds is 5. The number of benzene rings is 1. The van der Waals surface area contributed by atoms with Gasteiger partial charge in [0.05, 0.1) is 11.1 Å². The highest BCUT2D eigenvalue weighted by Gasteiger charge is 2.29. The predicted octanol–water partition coefficient (Wildman–Crippen LogP) is 2.39. The first-order chi connectivity index (χ1) is 8.99. The summed E-state index contributed by atoms with van der Waals surface area (Å²) in [5, 5.41) is 9.84. The number of aliphatic hydroxyl groups excluding tert-OH is 1. The van der Waals surface area contributed by atoms with Crippen molar-refractivity contribution < 1.29 is 14.6 Å². The van der Waals surface area contributed by atoms with Crippen LogP contribution in [0.15, 0.2) is 18.2 Å². The summed E-state index contributed by atoms with van der Waals surface area (Å²) in [6.45, 7) is 1.65. The van der Waals surface area contributed by atoms with E-state index < -0.39 is 6.10 Å². The molecule has 0 spiro atoms. The molecule has 0 aliphatic heterocycles. The summed E-state index contributed by atoms with van der Waals surface area (Å²) in [6.07, 6.45) is 1.58. The molecule has 0 heterocycles. The maximum atomic E-state index is 11.8. The molecule has 0 aromatic heterocycles. The van der Waals surface area contributed by atoms with Crippen LogP contribution in [0.1, 0.15) is 31.4 Å². The zero-order valence-corrected chi connectivity index (χ0v) is 11.9. The third-order valence-corrected chi connectivity index (χ3v) is 3.57. The van der Waals surface area contributed by atoms with Gasteiger partial charge in [-0.3, -0.25) is 4.79 Å². The number of amides is 1. The van der Waals surface area contributed by atoms with Gasteiger partial charge in [-0.2, -0.15) is 0 Å². The van der Waals surface area contributed by atoms with Gasteiger partial charge in [-0.1, -0.05) is 17.7 Å². The van der Waals surface area contributed by atoms with Crippen molar-refractivity contribution in [1.29, 1.82) is 0 Å². The molecule has 1 aliphatic rings. The molecule has 104 valence electrons. The van der Waals surface area contributed by atoms with Crippen LogP contribution in [0.4, 0.5) is 0 Å². The SMILES string of the molecule is C[C@H](O)c1ccc(OCC(=O)N(C)C2CC2)c(Cl)c1. The highest BCUT2D eigenvalue weighted by molar-refractivity contribution is 6.32. The van der Waals surface area contributed by atoms with Gasteiger partial charge in [0.25, 0.3) is 5.91 Å². The summed E-state index contributed by atoms with van der Waals surface area (Å²) in [4.78, 5) is 13.5. The van der Waals surface area contributed by atoms with Crippen LogP contribution in [0, 0.1) is 0 Å². The van der Waals surface area contributed by atoms with Crippen LogP contribution in [0.2, 0.25) is 5.02 Å². The molecule has 0 radical (unpaired) electrons. The van der Waals surface area contributed by atoms with Crippen molar-refractivity contribution in [2.75, 3.05) is 13.7 Å². The minimum absolute atomic E-state index is 0.0131. The van der Waals surface area contributed by atoms with E-state index in [4.69, 9.17) is 16.3 Å². The third-order valence-electron chi connectivity index (χ3n) is 3.28. The topological polar surface area (TPSA) is 49.8 Å². The van der Waals surface area contributed by atoms with E-state index in [2.05, 4.69) is 0 Å². The number of carbonyl (C=O) groups excluding carboxylic acids is 1. The Morgan fingerprint density at radius 3 is 2.79 bits per heavy atom. The largest absolute Gasteiger partial charge is 0.482 e. The molecule has 2 rings (SSSR count). The van der Waals surface area contributed by atoms with E-state index in [9.17, 15) is 9.90 Å². The second-order valence-corrected chi connectivity index (χ2v) is 5.30. The lowest BCUT2D eigenvalue weighted by atomic mass is 10.1. The first-order valence-electron chi connectivity index (χ1n) is 6.35. The zero-order valence-electron chi connectivity index (χ0n) is 11.1. The van der Waals surface area contributed by atoms with Gasteiger partial charge in [0, 0.05) is 13.1 Å². The zero-order chi connectivity index (χ0) is 14.0. The van der Waals surface area contributed by atoms with Crippen molar-refractivity contribution in [3.8, 4) is 5.75 Å². The van der Waals surface area contributed by atoms with Gasteiger partial charge in [-0.05, 0) is 37.5 Å². The van der Waals surface area contributed by atoms with E-state index in [1.807, 2.05) is 0 Å². The number of halogens is 1. The normalized spacial score (nSPS) is 16.0. The number of ether oxygens (including phenoxy) is 1. The van der Waals surface area contributed by atoms with Crippen molar-refractivity contribution in [3.63, 3.8) is 0 Å². The van der Waals surface area contributed by atoms with Crippen LogP contribution in [-0.4, -0.2) is 35.6 Å². The van der Waals surface area contributed by atoms with Crippen LogP contribution in [0.5, 0.6) is 5.75 Å². The highest BCUT2D eigenvalue weighted by atomic mass is 35.5. The van der Waals surface area contributed by atoms with Crippen LogP contribution in [0.3, 0.4) is 0 Å². The Morgan fingerprint density at radius 1 is 1.58 bits per heavy atom. The van der Waals surface area contributed by atoms with E-state index in [0.717, 1.165) is 18.4 Å². The van der Waals surface area contributed by atoms with E-state index in [1.165, 1.54) is 0 Å². The standard InChI is InChI=1S/C14H18ClNO3/c1-9(17)10-3-6-13(12(15)7-10)19-8-14(18)16(2)11-4-5-11/h3,6-7,9,11,17H,4-5,8H2,1-2H3/t9-/m0/s1. The molecule has 1 fully saturated rings.